The van der Waals surface area contributed by atoms with Crippen LogP contribution in [0.15, 0.2) is 72.8 Å². The molecular formula is C29H31N3O6. The van der Waals surface area contributed by atoms with Gasteiger partial charge in [0.1, 0.15) is 29.3 Å². The number of carbonyl (C=O) groups excluding carboxylic acids is 3. The molecule has 3 amide bonds. The maximum atomic E-state index is 14.1. The zero-order valence-corrected chi connectivity index (χ0v) is 21.3. The number of aliphatic hydroxyl groups excluding tert-OH is 1. The summed E-state index contributed by atoms with van der Waals surface area (Å²) in [6.45, 7) is 1.73. The highest BCUT2D eigenvalue weighted by atomic mass is 16.5. The Morgan fingerprint density at radius 3 is 2.50 bits per heavy atom. The van der Waals surface area contributed by atoms with Gasteiger partial charge in [0.15, 0.2) is 0 Å². The van der Waals surface area contributed by atoms with Gasteiger partial charge in [-0.15, -0.1) is 0 Å². The fourth-order valence-electron chi connectivity index (χ4n) is 4.32. The average molecular weight is 518 g/mol. The van der Waals surface area contributed by atoms with Gasteiger partial charge >= 0.3 is 0 Å². The lowest BCUT2D eigenvalue weighted by Gasteiger charge is -2.34. The van der Waals surface area contributed by atoms with Crippen LogP contribution in [0.3, 0.4) is 0 Å². The molecule has 2 atom stereocenters. The van der Waals surface area contributed by atoms with Gasteiger partial charge in [-0.3, -0.25) is 14.4 Å². The first kappa shape index (κ1) is 26.7. The number of benzene rings is 3. The summed E-state index contributed by atoms with van der Waals surface area (Å²) in [5, 5.41) is 15.9. The average Bonchev–Trinajstić information content (AvgIpc) is 3.03. The van der Waals surface area contributed by atoms with Crippen LogP contribution in [0.4, 0.5) is 5.69 Å². The number of anilines is 1. The summed E-state index contributed by atoms with van der Waals surface area (Å²) in [6, 6.07) is 18.0. The van der Waals surface area contributed by atoms with Crippen LogP contribution in [0.1, 0.15) is 41.7 Å². The molecule has 3 aromatic carbocycles. The molecule has 0 aromatic heterocycles. The second-order valence-corrected chi connectivity index (χ2v) is 8.85. The van der Waals surface area contributed by atoms with Crippen LogP contribution >= 0.6 is 0 Å². The molecule has 0 bridgehead atoms. The number of methoxy groups -OCH3 is 1. The zero-order chi connectivity index (χ0) is 27.1. The Bertz CT molecular complexity index is 1300. The van der Waals surface area contributed by atoms with Crippen molar-refractivity contribution >= 4 is 23.4 Å². The Balaban J connectivity index is 1.80. The van der Waals surface area contributed by atoms with Crippen molar-refractivity contribution in [3.05, 3.63) is 83.9 Å². The van der Waals surface area contributed by atoms with Gasteiger partial charge in [-0.2, -0.15) is 0 Å². The van der Waals surface area contributed by atoms with Crippen molar-refractivity contribution in [2.24, 2.45) is 0 Å². The van der Waals surface area contributed by atoms with Gasteiger partial charge in [-0.05, 0) is 54.4 Å². The van der Waals surface area contributed by atoms with Crippen LogP contribution in [0.2, 0.25) is 0 Å². The third-order valence-electron chi connectivity index (χ3n) is 6.27. The van der Waals surface area contributed by atoms with E-state index in [2.05, 4.69) is 10.6 Å². The van der Waals surface area contributed by atoms with Crippen molar-refractivity contribution in [1.82, 2.24) is 10.2 Å². The monoisotopic (exact) mass is 517 g/mol. The second kappa shape index (κ2) is 12.2. The lowest BCUT2D eigenvalue weighted by atomic mass is 10.00. The molecule has 9 nitrogen and oxygen atoms in total. The van der Waals surface area contributed by atoms with E-state index in [9.17, 15) is 19.5 Å². The molecule has 0 spiro atoms. The van der Waals surface area contributed by atoms with E-state index >= 15 is 0 Å². The van der Waals surface area contributed by atoms with E-state index in [0.29, 0.717) is 29.4 Å². The van der Waals surface area contributed by atoms with Crippen LogP contribution in [-0.4, -0.2) is 54.0 Å². The van der Waals surface area contributed by atoms with Crippen LogP contribution in [-0.2, 0) is 9.59 Å². The number of carbonyl (C=O) groups is 3. The maximum Gasteiger partial charge on any atom is 0.257 e. The van der Waals surface area contributed by atoms with Crippen molar-refractivity contribution in [2.75, 3.05) is 25.6 Å². The first-order chi connectivity index (χ1) is 18.5. The van der Waals surface area contributed by atoms with E-state index in [1.54, 1.807) is 48.5 Å². The van der Waals surface area contributed by atoms with Crippen molar-refractivity contribution in [1.29, 1.82) is 0 Å². The lowest BCUT2D eigenvalue weighted by Crippen LogP contribution is -2.53. The molecule has 9 heteroatoms. The van der Waals surface area contributed by atoms with Gasteiger partial charge < -0.3 is 30.1 Å². The molecule has 0 radical (unpaired) electrons. The summed E-state index contributed by atoms with van der Waals surface area (Å²) >= 11 is 0. The molecule has 198 valence electrons. The Morgan fingerprint density at radius 2 is 1.79 bits per heavy atom. The van der Waals surface area contributed by atoms with Gasteiger partial charge in [-0.1, -0.05) is 43.7 Å². The molecule has 2 unspecified atom stereocenters. The molecule has 1 aliphatic heterocycles. The van der Waals surface area contributed by atoms with Crippen molar-refractivity contribution < 1.29 is 29.0 Å². The van der Waals surface area contributed by atoms with Gasteiger partial charge in [0.25, 0.3) is 5.91 Å². The van der Waals surface area contributed by atoms with Crippen LogP contribution in [0.5, 0.6) is 17.2 Å². The molecule has 0 saturated carbocycles. The van der Waals surface area contributed by atoms with E-state index in [4.69, 9.17) is 9.47 Å². The predicted molar refractivity (Wildman–Crippen MR) is 142 cm³/mol. The number of para-hydroxylation sites is 1. The minimum Gasteiger partial charge on any atom is -0.497 e. The molecule has 3 aromatic rings. The minimum atomic E-state index is -1.32. The SMILES string of the molecule is CCCCNC(=O)C(c1cccc(OC)c1)N1C(=O)c2cc(Oc3ccccc3)ccc2NC(=O)C1CO. The summed E-state index contributed by atoms with van der Waals surface area (Å²) < 4.78 is 11.3. The Hall–Kier alpha value is -4.37. The fraction of sp³-hybridized carbons (Fsp3) is 0.276. The highest BCUT2D eigenvalue weighted by Crippen LogP contribution is 2.35. The molecule has 4 rings (SSSR count). The second-order valence-electron chi connectivity index (χ2n) is 8.85. The minimum absolute atomic E-state index is 0.136. The first-order valence-corrected chi connectivity index (χ1v) is 12.5. The number of fused-ring (bicyclic) bond motifs is 1. The van der Waals surface area contributed by atoms with Crippen molar-refractivity contribution in [3.8, 4) is 17.2 Å². The summed E-state index contributed by atoms with van der Waals surface area (Å²) in [7, 11) is 1.50. The number of nitrogens with zero attached hydrogens (tertiary/aromatic N) is 1. The van der Waals surface area contributed by atoms with E-state index in [0.717, 1.165) is 17.7 Å². The van der Waals surface area contributed by atoms with E-state index in [1.165, 1.54) is 13.2 Å². The Morgan fingerprint density at radius 1 is 1.03 bits per heavy atom. The summed E-state index contributed by atoms with van der Waals surface area (Å²) in [4.78, 5) is 42.1. The smallest absolute Gasteiger partial charge is 0.257 e. The number of hydrogen-bond acceptors (Lipinski definition) is 6. The number of rotatable bonds is 10. The number of unbranched alkanes of at least 4 members (excludes halogenated alkanes) is 1. The predicted octanol–water partition coefficient (Wildman–Crippen LogP) is 3.90. The molecule has 0 saturated heterocycles. The Kier molecular flexibility index (Phi) is 8.60. The molecule has 1 aliphatic rings. The molecule has 0 fully saturated rings. The maximum absolute atomic E-state index is 14.1. The van der Waals surface area contributed by atoms with Gasteiger partial charge in [0.05, 0.1) is 25.0 Å². The van der Waals surface area contributed by atoms with Crippen molar-refractivity contribution in [3.63, 3.8) is 0 Å². The highest BCUT2D eigenvalue weighted by Gasteiger charge is 2.43. The molecule has 38 heavy (non-hydrogen) atoms. The third kappa shape index (κ3) is 5.78. The number of nitrogens with one attached hydrogen (secondary N) is 2. The number of ether oxygens (including phenoxy) is 2. The van der Waals surface area contributed by atoms with Crippen LogP contribution < -0.4 is 20.1 Å². The Labute approximate surface area is 221 Å². The standard InChI is InChI=1S/C29H31N3O6/c1-3-4-15-30-28(35)26(19-9-8-12-21(16-19)37-2)32-25(18-33)27(34)31-24-14-13-22(17-23(24)29(32)36)38-20-10-6-5-7-11-20/h5-14,16-17,25-26,33H,3-4,15,18H2,1-2H3,(H,30,35)(H,31,34). The zero-order valence-electron chi connectivity index (χ0n) is 21.3. The highest BCUT2D eigenvalue weighted by molar-refractivity contribution is 6.11. The third-order valence-corrected chi connectivity index (χ3v) is 6.27. The fourth-order valence-corrected chi connectivity index (χ4v) is 4.32. The normalized spacial score (nSPS) is 15.7. The summed E-state index contributed by atoms with van der Waals surface area (Å²) in [5.74, 6) is -0.232. The quantitative estimate of drug-likeness (QED) is 0.351. The van der Waals surface area contributed by atoms with E-state index in [-0.39, 0.29) is 11.3 Å². The van der Waals surface area contributed by atoms with Crippen molar-refractivity contribution in [2.45, 2.75) is 31.8 Å². The van der Waals surface area contributed by atoms with Gasteiger partial charge in [-0.25, -0.2) is 0 Å². The van der Waals surface area contributed by atoms with Gasteiger partial charge in [0, 0.05) is 6.54 Å². The first-order valence-electron chi connectivity index (χ1n) is 12.5. The van der Waals surface area contributed by atoms with Crippen LogP contribution in [0, 0.1) is 0 Å². The van der Waals surface area contributed by atoms with E-state index in [1.807, 2.05) is 25.1 Å². The number of aliphatic hydroxyl groups is 1. The number of hydrogen-bond donors (Lipinski definition) is 3. The molecular weight excluding hydrogens is 486 g/mol. The number of amides is 3. The summed E-state index contributed by atoms with van der Waals surface area (Å²) in [6.07, 6.45) is 1.61. The molecule has 1 heterocycles. The van der Waals surface area contributed by atoms with Crippen LogP contribution in [0.25, 0.3) is 0 Å². The molecule has 0 aliphatic carbocycles. The molecule has 3 N–H and O–H groups in total. The van der Waals surface area contributed by atoms with Gasteiger partial charge in [0.2, 0.25) is 11.8 Å². The topological polar surface area (TPSA) is 117 Å². The summed E-state index contributed by atoms with van der Waals surface area (Å²) in [5.41, 5.74) is 0.840. The lowest BCUT2D eigenvalue weighted by molar-refractivity contribution is -0.130. The van der Waals surface area contributed by atoms with E-state index < -0.39 is 36.4 Å². The largest absolute Gasteiger partial charge is 0.497 e.